The third kappa shape index (κ3) is 2.51. The van der Waals surface area contributed by atoms with E-state index in [0.29, 0.717) is 11.7 Å². The summed E-state index contributed by atoms with van der Waals surface area (Å²) < 4.78 is 9.77. The summed E-state index contributed by atoms with van der Waals surface area (Å²) in [7, 11) is 0. The van der Waals surface area contributed by atoms with Crippen LogP contribution in [0.2, 0.25) is 0 Å². The van der Waals surface area contributed by atoms with E-state index in [0.717, 1.165) is 0 Å². The van der Waals surface area contributed by atoms with Crippen molar-refractivity contribution in [3.63, 3.8) is 0 Å². The Labute approximate surface area is 96.4 Å². The fraction of sp³-hybridized carbons (Fsp3) is 0.300. The molecule has 2 aromatic rings. The number of aromatic nitrogens is 2. The average Bonchev–Trinajstić information content (AvgIpc) is 2.96. The fourth-order valence-corrected chi connectivity index (χ4v) is 1.31. The van der Waals surface area contributed by atoms with E-state index in [1.807, 2.05) is 0 Å². The van der Waals surface area contributed by atoms with E-state index in [1.54, 1.807) is 19.1 Å². The van der Waals surface area contributed by atoms with E-state index in [-0.39, 0.29) is 12.4 Å². The summed E-state index contributed by atoms with van der Waals surface area (Å²) in [5.74, 6) is 0.152. The number of hydrogen-bond donors (Lipinski definition) is 2. The van der Waals surface area contributed by atoms with Gasteiger partial charge in [0.25, 0.3) is 11.7 Å². The first-order valence-electron chi connectivity index (χ1n) is 4.96. The highest BCUT2D eigenvalue weighted by atomic mass is 16.5. The van der Waals surface area contributed by atoms with Gasteiger partial charge in [-0.1, -0.05) is 5.16 Å². The zero-order valence-corrected chi connectivity index (χ0v) is 9.08. The predicted octanol–water partition coefficient (Wildman–Crippen LogP) is 0.434. The summed E-state index contributed by atoms with van der Waals surface area (Å²) >= 11 is 0. The maximum Gasteiger partial charge on any atom is 0.293 e. The van der Waals surface area contributed by atoms with E-state index >= 15 is 0 Å². The zero-order valence-electron chi connectivity index (χ0n) is 9.08. The van der Waals surface area contributed by atoms with Crippen molar-refractivity contribution >= 4 is 5.91 Å². The van der Waals surface area contributed by atoms with E-state index in [4.69, 9.17) is 9.52 Å². The van der Waals surface area contributed by atoms with Gasteiger partial charge in [-0.25, -0.2) is 0 Å². The number of carbonyl (C=O) groups excluding carboxylic acids is 1. The topological polar surface area (TPSA) is 101 Å². The van der Waals surface area contributed by atoms with Crippen molar-refractivity contribution < 1.29 is 18.8 Å². The van der Waals surface area contributed by atoms with Crippen molar-refractivity contribution in [1.29, 1.82) is 0 Å². The van der Waals surface area contributed by atoms with Crippen LogP contribution in [0, 0.1) is 6.92 Å². The van der Waals surface area contributed by atoms with Gasteiger partial charge >= 0.3 is 0 Å². The van der Waals surface area contributed by atoms with Crippen LogP contribution in [0.25, 0.3) is 0 Å². The van der Waals surface area contributed by atoms with Crippen LogP contribution in [0.3, 0.4) is 0 Å². The van der Waals surface area contributed by atoms with E-state index in [1.165, 1.54) is 6.26 Å². The minimum atomic E-state index is -0.628. The van der Waals surface area contributed by atoms with Crippen molar-refractivity contribution in [1.82, 2.24) is 15.5 Å². The number of nitrogens with one attached hydrogen (secondary N) is 1. The van der Waals surface area contributed by atoms with Gasteiger partial charge in [0.1, 0.15) is 11.8 Å². The molecular formula is C10H11N3O4. The molecule has 90 valence electrons. The van der Waals surface area contributed by atoms with Gasteiger partial charge in [0, 0.05) is 6.92 Å². The van der Waals surface area contributed by atoms with Crippen LogP contribution in [0.15, 0.2) is 27.3 Å². The first-order valence-corrected chi connectivity index (χ1v) is 4.96. The van der Waals surface area contributed by atoms with Crippen LogP contribution in [-0.4, -0.2) is 27.8 Å². The van der Waals surface area contributed by atoms with Crippen molar-refractivity contribution in [3.05, 3.63) is 35.9 Å². The lowest BCUT2D eigenvalue weighted by molar-refractivity contribution is 0.0893. The van der Waals surface area contributed by atoms with Crippen molar-refractivity contribution in [2.24, 2.45) is 0 Å². The maximum atomic E-state index is 11.7. The van der Waals surface area contributed by atoms with Gasteiger partial charge in [-0.2, -0.15) is 4.98 Å². The van der Waals surface area contributed by atoms with Gasteiger partial charge in [0.15, 0.2) is 0 Å². The minimum absolute atomic E-state index is 0.0764. The van der Waals surface area contributed by atoms with Gasteiger partial charge < -0.3 is 19.4 Å². The highest BCUT2D eigenvalue weighted by Gasteiger charge is 2.20. The number of aliphatic hydroxyl groups excluding tert-OH is 1. The predicted molar refractivity (Wildman–Crippen MR) is 55.0 cm³/mol. The van der Waals surface area contributed by atoms with Crippen LogP contribution < -0.4 is 5.32 Å². The number of furan rings is 1. The number of rotatable bonds is 4. The smallest absolute Gasteiger partial charge is 0.293 e. The molecule has 0 radical (unpaired) electrons. The standard InChI is InChI=1S/C10H11N3O4/c1-6-11-9(13-17-6)10(15)12-7(5-14)8-3-2-4-16-8/h2-4,7,14H,5H2,1H3,(H,12,15). The monoisotopic (exact) mass is 237 g/mol. The van der Waals surface area contributed by atoms with E-state index in [9.17, 15) is 4.79 Å². The summed E-state index contributed by atoms with van der Waals surface area (Å²) in [6.45, 7) is 1.30. The molecule has 0 aliphatic heterocycles. The Morgan fingerprint density at radius 2 is 2.47 bits per heavy atom. The number of carbonyl (C=O) groups is 1. The van der Waals surface area contributed by atoms with Gasteiger partial charge in [0.05, 0.1) is 12.9 Å². The van der Waals surface area contributed by atoms with Crippen LogP contribution >= 0.6 is 0 Å². The lowest BCUT2D eigenvalue weighted by Gasteiger charge is -2.11. The van der Waals surface area contributed by atoms with Gasteiger partial charge in [-0.15, -0.1) is 0 Å². The Morgan fingerprint density at radius 1 is 1.65 bits per heavy atom. The van der Waals surface area contributed by atoms with Crippen LogP contribution in [0.1, 0.15) is 28.3 Å². The Balaban J connectivity index is 2.07. The highest BCUT2D eigenvalue weighted by Crippen LogP contribution is 2.13. The molecule has 0 fully saturated rings. The van der Waals surface area contributed by atoms with Gasteiger partial charge in [-0.05, 0) is 12.1 Å². The summed E-state index contributed by atoms with van der Waals surface area (Å²) in [6, 6.07) is 2.70. The number of aliphatic hydroxyl groups is 1. The van der Waals surface area contributed by atoms with Crippen LogP contribution in [-0.2, 0) is 0 Å². The van der Waals surface area contributed by atoms with Crippen molar-refractivity contribution in [3.8, 4) is 0 Å². The molecule has 2 rings (SSSR count). The number of amides is 1. The number of aryl methyl sites for hydroxylation is 1. The molecule has 2 heterocycles. The maximum absolute atomic E-state index is 11.7. The molecule has 2 N–H and O–H groups in total. The molecule has 0 aliphatic carbocycles. The highest BCUT2D eigenvalue weighted by molar-refractivity contribution is 5.90. The zero-order chi connectivity index (χ0) is 12.3. The molecule has 7 heteroatoms. The molecule has 0 aromatic carbocycles. The summed E-state index contributed by atoms with van der Waals surface area (Å²) in [6.07, 6.45) is 1.46. The fourth-order valence-electron chi connectivity index (χ4n) is 1.31. The van der Waals surface area contributed by atoms with E-state index in [2.05, 4.69) is 20.0 Å². The Bertz CT molecular complexity index is 491. The lowest BCUT2D eigenvalue weighted by Crippen LogP contribution is -2.31. The molecule has 1 amide bonds. The Morgan fingerprint density at radius 3 is 3.00 bits per heavy atom. The minimum Gasteiger partial charge on any atom is -0.467 e. The quantitative estimate of drug-likeness (QED) is 0.799. The number of hydrogen-bond acceptors (Lipinski definition) is 6. The Hall–Kier alpha value is -2.15. The largest absolute Gasteiger partial charge is 0.467 e. The molecule has 1 unspecified atom stereocenters. The van der Waals surface area contributed by atoms with Crippen LogP contribution in [0.5, 0.6) is 0 Å². The molecule has 17 heavy (non-hydrogen) atoms. The molecular weight excluding hydrogens is 226 g/mol. The van der Waals surface area contributed by atoms with E-state index < -0.39 is 11.9 Å². The number of nitrogens with zero attached hydrogens (tertiary/aromatic N) is 2. The van der Waals surface area contributed by atoms with Crippen LogP contribution in [0.4, 0.5) is 0 Å². The third-order valence-electron chi connectivity index (χ3n) is 2.11. The Kier molecular flexibility index (Phi) is 3.20. The second-order valence-electron chi connectivity index (χ2n) is 3.36. The molecule has 0 aliphatic rings. The SMILES string of the molecule is Cc1nc(C(=O)NC(CO)c2ccco2)no1. The normalized spacial score (nSPS) is 12.4. The molecule has 7 nitrogen and oxygen atoms in total. The summed E-state index contributed by atoms with van der Waals surface area (Å²) in [4.78, 5) is 15.5. The first kappa shape index (κ1) is 11.3. The first-order chi connectivity index (χ1) is 8.20. The van der Waals surface area contributed by atoms with Crippen molar-refractivity contribution in [2.45, 2.75) is 13.0 Å². The second kappa shape index (κ2) is 4.79. The molecule has 0 saturated carbocycles. The molecule has 1 atom stereocenters. The lowest BCUT2D eigenvalue weighted by atomic mass is 10.2. The molecule has 0 bridgehead atoms. The summed E-state index contributed by atoms with van der Waals surface area (Å²) in [5.41, 5.74) is 0. The molecule has 0 saturated heterocycles. The molecule has 2 aromatic heterocycles. The van der Waals surface area contributed by atoms with Crippen molar-refractivity contribution in [2.75, 3.05) is 6.61 Å². The van der Waals surface area contributed by atoms with Gasteiger partial charge in [-0.3, -0.25) is 4.79 Å². The average molecular weight is 237 g/mol. The molecule has 0 spiro atoms. The second-order valence-corrected chi connectivity index (χ2v) is 3.36. The summed E-state index contributed by atoms with van der Waals surface area (Å²) in [5, 5.41) is 15.2. The van der Waals surface area contributed by atoms with Gasteiger partial charge in [0.2, 0.25) is 5.89 Å². The third-order valence-corrected chi connectivity index (χ3v) is 2.11.